The number of carbonyl (C=O) groups is 3. The third-order valence-corrected chi connectivity index (χ3v) is 7.60. The highest BCUT2D eigenvalue weighted by Crippen LogP contribution is 2.39. The fourth-order valence-corrected chi connectivity index (χ4v) is 5.42. The number of ether oxygens (including phenoxy) is 1. The van der Waals surface area contributed by atoms with E-state index in [1.54, 1.807) is 62.9 Å². The van der Waals surface area contributed by atoms with Gasteiger partial charge in [-0.25, -0.2) is 4.79 Å². The molecular weight excluding hydrogens is 522 g/mol. The van der Waals surface area contributed by atoms with Gasteiger partial charge in [0.15, 0.2) is 0 Å². The zero-order valence-electron chi connectivity index (χ0n) is 24.5. The van der Waals surface area contributed by atoms with Gasteiger partial charge in [0.2, 0.25) is 11.8 Å². The molecule has 2 aromatic rings. The largest absolute Gasteiger partial charge is 0.508 e. The van der Waals surface area contributed by atoms with Crippen LogP contribution >= 0.6 is 0 Å². The summed E-state index contributed by atoms with van der Waals surface area (Å²) in [5, 5.41) is 26.8. The van der Waals surface area contributed by atoms with E-state index in [1.165, 1.54) is 12.1 Å². The number of hydrogen-bond acceptors (Lipinski definition) is 6. The number of benzene rings is 2. The van der Waals surface area contributed by atoms with Crippen LogP contribution in [0.3, 0.4) is 0 Å². The first kappa shape index (κ1) is 30.2. The summed E-state index contributed by atoms with van der Waals surface area (Å²) in [6.07, 6.45) is 5.75. The van der Waals surface area contributed by atoms with E-state index in [0.29, 0.717) is 24.0 Å². The summed E-state index contributed by atoms with van der Waals surface area (Å²) < 4.78 is 5.48. The van der Waals surface area contributed by atoms with Gasteiger partial charge in [0, 0.05) is 24.1 Å². The molecule has 222 valence electrons. The maximum atomic E-state index is 14.4. The lowest BCUT2D eigenvalue weighted by Crippen LogP contribution is -2.55. The highest BCUT2D eigenvalue weighted by Gasteiger charge is 2.45. The predicted molar refractivity (Wildman–Crippen MR) is 155 cm³/mol. The lowest BCUT2D eigenvalue weighted by Gasteiger charge is -2.36. The fourth-order valence-electron chi connectivity index (χ4n) is 5.42. The number of nitrogens with zero attached hydrogens (tertiary/aromatic N) is 1. The molecule has 4 rings (SSSR count). The molecule has 0 heterocycles. The zero-order valence-corrected chi connectivity index (χ0v) is 24.5. The monoisotopic (exact) mass is 565 g/mol. The van der Waals surface area contributed by atoms with Crippen molar-refractivity contribution in [1.82, 2.24) is 15.5 Å². The van der Waals surface area contributed by atoms with Gasteiger partial charge in [0.05, 0.1) is 0 Å². The van der Waals surface area contributed by atoms with Crippen LogP contribution in [0.1, 0.15) is 88.4 Å². The number of amides is 3. The highest BCUT2D eigenvalue weighted by molar-refractivity contribution is 5.93. The van der Waals surface area contributed by atoms with Crippen molar-refractivity contribution in [1.29, 1.82) is 0 Å². The van der Waals surface area contributed by atoms with E-state index in [1.807, 2.05) is 0 Å². The van der Waals surface area contributed by atoms with E-state index < -0.39 is 29.7 Å². The van der Waals surface area contributed by atoms with Crippen LogP contribution < -0.4 is 10.6 Å². The Hall–Kier alpha value is -3.75. The van der Waals surface area contributed by atoms with Crippen molar-refractivity contribution in [3.8, 4) is 11.5 Å². The molecule has 2 aliphatic carbocycles. The molecule has 0 bridgehead atoms. The smallest absolute Gasteiger partial charge is 0.408 e. The van der Waals surface area contributed by atoms with E-state index in [-0.39, 0.29) is 35.9 Å². The van der Waals surface area contributed by atoms with Gasteiger partial charge in [-0.2, -0.15) is 0 Å². The Labute approximate surface area is 242 Å². The number of aromatic hydroxyl groups is 2. The molecule has 2 atom stereocenters. The van der Waals surface area contributed by atoms with Gasteiger partial charge < -0.3 is 30.5 Å². The van der Waals surface area contributed by atoms with Crippen molar-refractivity contribution in [2.75, 3.05) is 0 Å². The van der Waals surface area contributed by atoms with E-state index in [9.17, 15) is 24.6 Å². The molecule has 0 radical (unpaired) electrons. The molecule has 2 unspecified atom stereocenters. The number of carbonyl (C=O) groups excluding carboxylic acids is 3. The third-order valence-electron chi connectivity index (χ3n) is 7.60. The minimum atomic E-state index is -1.07. The molecule has 4 N–H and O–H groups in total. The van der Waals surface area contributed by atoms with E-state index in [0.717, 1.165) is 37.7 Å². The molecule has 0 spiro atoms. The molecule has 9 nitrogen and oxygen atoms in total. The van der Waals surface area contributed by atoms with Crippen LogP contribution in [-0.4, -0.2) is 56.7 Å². The van der Waals surface area contributed by atoms with Crippen molar-refractivity contribution in [2.24, 2.45) is 0 Å². The topological polar surface area (TPSA) is 128 Å². The van der Waals surface area contributed by atoms with E-state index in [4.69, 9.17) is 4.74 Å². The molecule has 2 aliphatic rings. The summed E-state index contributed by atoms with van der Waals surface area (Å²) in [6.45, 7) is 6.99. The molecular formula is C32H43N3O6. The lowest BCUT2D eigenvalue weighted by atomic mass is 9.94. The molecule has 0 saturated heterocycles. The van der Waals surface area contributed by atoms with Crippen LogP contribution in [0.15, 0.2) is 42.5 Å². The Morgan fingerprint density at radius 3 is 2.24 bits per heavy atom. The number of para-hydroxylation sites is 1. The molecule has 0 aromatic heterocycles. The van der Waals surface area contributed by atoms with Crippen LogP contribution in [0, 0.1) is 6.92 Å². The molecule has 41 heavy (non-hydrogen) atoms. The summed E-state index contributed by atoms with van der Waals surface area (Å²) in [4.78, 5) is 42.9. The van der Waals surface area contributed by atoms with E-state index in [2.05, 4.69) is 10.6 Å². The number of nitrogens with one attached hydrogen (secondary N) is 2. The van der Waals surface area contributed by atoms with E-state index >= 15 is 0 Å². The maximum absolute atomic E-state index is 14.4. The maximum Gasteiger partial charge on any atom is 0.408 e. The first-order chi connectivity index (χ1) is 19.4. The molecule has 3 amide bonds. The van der Waals surface area contributed by atoms with Crippen LogP contribution in [0.5, 0.6) is 11.5 Å². The average Bonchev–Trinajstić information content (AvgIpc) is 3.74. The molecule has 0 aliphatic heterocycles. The molecule has 2 aromatic carbocycles. The van der Waals surface area contributed by atoms with Gasteiger partial charge >= 0.3 is 6.09 Å². The second kappa shape index (κ2) is 12.8. The van der Waals surface area contributed by atoms with Gasteiger partial charge in [0.25, 0.3) is 0 Å². The standard InChI is InChI=1S/C32H43N3O6/c1-20-9-8-12-25(28(20)37)27(29(38)33-22-10-6-5-7-11-22)35(23-15-16-23)30(39)26(34-31(40)41-32(2,3)4)19-21-13-17-24(36)18-14-21/h8-9,12-14,17-18,22-23,26-27,36-37H,5-7,10-11,15-16,19H2,1-4H3,(H,33,38)(H,34,40). The third kappa shape index (κ3) is 8.15. The number of aryl methyl sites for hydroxylation is 1. The summed E-state index contributed by atoms with van der Waals surface area (Å²) in [5.74, 6) is -0.703. The van der Waals surface area contributed by atoms with Gasteiger partial charge in [-0.3, -0.25) is 9.59 Å². The van der Waals surface area contributed by atoms with Crippen molar-refractivity contribution < 1.29 is 29.3 Å². The number of hydrogen-bond donors (Lipinski definition) is 4. The first-order valence-corrected chi connectivity index (χ1v) is 14.6. The Morgan fingerprint density at radius 1 is 0.976 bits per heavy atom. The minimum absolute atomic E-state index is 0.00883. The van der Waals surface area contributed by atoms with Gasteiger partial charge in [-0.15, -0.1) is 0 Å². The summed E-state index contributed by atoms with van der Waals surface area (Å²) in [6, 6.07) is 9.31. The molecule has 2 saturated carbocycles. The second-order valence-electron chi connectivity index (χ2n) is 12.3. The number of phenols is 2. The number of alkyl carbamates (subject to hydrolysis) is 1. The van der Waals surface area contributed by atoms with Gasteiger partial charge in [-0.1, -0.05) is 49.6 Å². The predicted octanol–water partition coefficient (Wildman–Crippen LogP) is 5.02. The lowest BCUT2D eigenvalue weighted by molar-refractivity contribution is -0.143. The summed E-state index contributed by atoms with van der Waals surface area (Å²) >= 11 is 0. The normalized spacial score (nSPS) is 17.3. The SMILES string of the molecule is Cc1cccc(C(C(=O)NC2CCCCC2)N(C(=O)C(Cc2ccc(O)cc2)NC(=O)OC(C)(C)C)C2CC2)c1O. The Balaban J connectivity index is 1.71. The average molecular weight is 566 g/mol. The summed E-state index contributed by atoms with van der Waals surface area (Å²) in [7, 11) is 0. The van der Waals surface area contributed by atoms with Crippen LogP contribution in [-0.2, 0) is 20.7 Å². The Kier molecular flexibility index (Phi) is 9.46. The van der Waals surface area contributed by atoms with Crippen molar-refractivity contribution in [3.05, 3.63) is 59.2 Å². The number of rotatable bonds is 9. The fraction of sp³-hybridized carbons (Fsp3) is 0.531. The van der Waals surface area contributed by atoms with Crippen LogP contribution in [0.2, 0.25) is 0 Å². The highest BCUT2D eigenvalue weighted by atomic mass is 16.6. The van der Waals surface area contributed by atoms with Gasteiger partial charge in [0.1, 0.15) is 29.2 Å². The Bertz CT molecular complexity index is 1230. The quantitative estimate of drug-likeness (QED) is 0.338. The van der Waals surface area contributed by atoms with Crippen molar-refractivity contribution in [2.45, 2.75) is 109 Å². The zero-order chi connectivity index (χ0) is 29.7. The van der Waals surface area contributed by atoms with Crippen molar-refractivity contribution >= 4 is 17.9 Å². The second-order valence-corrected chi connectivity index (χ2v) is 12.3. The van der Waals surface area contributed by atoms with Crippen molar-refractivity contribution in [3.63, 3.8) is 0 Å². The Morgan fingerprint density at radius 2 is 1.63 bits per heavy atom. The number of phenolic OH excluding ortho intramolecular Hbond substituents is 2. The molecule has 9 heteroatoms. The summed E-state index contributed by atoms with van der Waals surface area (Å²) in [5.41, 5.74) is 0.907. The van der Waals surface area contributed by atoms with Gasteiger partial charge in [-0.05, 0) is 76.6 Å². The van der Waals surface area contributed by atoms with Crippen LogP contribution in [0.4, 0.5) is 4.79 Å². The minimum Gasteiger partial charge on any atom is -0.508 e. The first-order valence-electron chi connectivity index (χ1n) is 14.6. The molecule has 2 fully saturated rings. The van der Waals surface area contributed by atoms with Crippen LogP contribution in [0.25, 0.3) is 0 Å².